The molecule has 2 heterocycles. The lowest BCUT2D eigenvalue weighted by Gasteiger charge is -2.19. The van der Waals surface area contributed by atoms with Gasteiger partial charge in [-0.15, -0.1) is 0 Å². The van der Waals surface area contributed by atoms with Crippen molar-refractivity contribution in [2.75, 3.05) is 22.1 Å². The van der Waals surface area contributed by atoms with Gasteiger partial charge in [0.05, 0.1) is 13.0 Å². The molecule has 0 spiro atoms. The average molecular weight is 446 g/mol. The summed E-state index contributed by atoms with van der Waals surface area (Å²) in [6.45, 7) is 8.12. The van der Waals surface area contributed by atoms with Crippen molar-refractivity contribution in [3.05, 3.63) is 71.0 Å². The third-order valence-corrected chi connectivity index (χ3v) is 5.39. The maximum Gasteiger partial charge on any atom is 0.411 e. The molecule has 2 aromatic carbocycles. The summed E-state index contributed by atoms with van der Waals surface area (Å²) in [4.78, 5) is 35.3. The van der Waals surface area contributed by atoms with Gasteiger partial charge in [-0.1, -0.05) is 12.1 Å². The van der Waals surface area contributed by atoms with Gasteiger partial charge in [-0.2, -0.15) is 0 Å². The summed E-state index contributed by atoms with van der Waals surface area (Å²) >= 11 is 0. The molecule has 4 rings (SSSR count). The van der Waals surface area contributed by atoms with Crippen molar-refractivity contribution in [3.8, 4) is 0 Å². The van der Waals surface area contributed by atoms with Crippen LogP contribution in [0.25, 0.3) is 0 Å². The third-order valence-electron chi connectivity index (χ3n) is 5.39. The molecule has 170 valence electrons. The highest BCUT2D eigenvalue weighted by molar-refractivity contribution is 5.97. The fourth-order valence-electron chi connectivity index (χ4n) is 3.84. The van der Waals surface area contributed by atoms with Crippen LogP contribution < -0.4 is 15.5 Å². The van der Waals surface area contributed by atoms with E-state index in [1.54, 1.807) is 17.0 Å². The number of nitrogens with one attached hydrogen (secondary N) is 2. The van der Waals surface area contributed by atoms with Gasteiger partial charge < -0.3 is 15.0 Å². The minimum absolute atomic E-state index is 0.0504. The summed E-state index contributed by atoms with van der Waals surface area (Å²) in [7, 11) is 0. The largest absolute Gasteiger partial charge is 0.444 e. The Morgan fingerprint density at radius 3 is 2.33 bits per heavy atom. The van der Waals surface area contributed by atoms with Crippen molar-refractivity contribution >= 4 is 35.0 Å². The SMILES string of the molecule is Cc1ccc(C)c(N2CC(OC(=O)Nc3ccc(Nc4nc(C)cc(C)n4)cc3)CC2=O)c1. The van der Waals surface area contributed by atoms with Crippen LogP contribution in [0, 0.1) is 27.7 Å². The quantitative estimate of drug-likeness (QED) is 0.585. The second-order valence-electron chi connectivity index (χ2n) is 8.33. The minimum atomic E-state index is -0.589. The highest BCUT2D eigenvalue weighted by atomic mass is 16.6. The van der Waals surface area contributed by atoms with Crippen LogP contribution in [-0.4, -0.2) is 34.6 Å². The topological polar surface area (TPSA) is 96.5 Å². The molecule has 8 heteroatoms. The molecule has 0 bridgehead atoms. The molecule has 0 radical (unpaired) electrons. The Bertz CT molecular complexity index is 1170. The predicted molar refractivity (Wildman–Crippen MR) is 128 cm³/mol. The van der Waals surface area contributed by atoms with Crippen LogP contribution in [0.15, 0.2) is 48.5 Å². The Labute approximate surface area is 193 Å². The number of hydrogen-bond acceptors (Lipinski definition) is 6. The molecule has 1 fully saturated rings. The van der Waals surface area contributed by atoms with Crippen molar-refractivity contribution in [3.63, 3.8) is 0 Å². The van der Waals surface area contributed by atoms with Crippen LogP contribution in [0.4, 0.5) is 27.8 Å². The van der Waals surface area contributed by atoms with E-state index in [0.717, 1.165) is 33.9 Å². The molecule has 1 aliphatic rings. The number of carbonyl (C=O) groups excluding carboxylic acids is 2. The Balaban J connectivity index is 1.33. The number of nitrogens with zero attached hydrogens (tertiary/aromatic N) is 3. The molecule has 1 aliphatic heterocycles. The number of carbonyl (C=O) groups is 2. The van der Waals surface area contributed by atoms with Gasteiger partial charge in [0.15, 0.2) is 0 Å². The number of rotatable bonds is 5. The predicted octanol–water partition coefficient (Wildman–Crippen LogP) is 4.81. The molecule has 2 amide bonds. The summed E-state index contributed by atoms with van der Waals surface area (Å²) in [6.07, 6.45) is -0.923. The molecule has 0 saturated carbocycles. The van der Waals surface area contributed by atoms with E-state index in [1.165, 1.54) is 0 Å². The second kappa shape index (κ2) is 9.28. The van der Waals surface area contributed by atoms with E-state index in [-0.39, 0.29) is 12.3 Å². The van der Waals surface area contributed by atoms with Gasteiger partial charge in [-0.3, -0.25) is 10.1 Å². The van der Waals surface area contributed by atoms with Crippen molar-refractivity contribution in [1.82, 2.24) is 9.97 Å². The summed E-state index contributed by atoms with van der Waals surface area (Å²) < 4.78 is 5.51. The van der Waals surface area contributed by atoms with Crippen LogP contribution in [0.5, 0.6) is 0 Å². The molecule has 1 saturated heterocycles. The Morgan fingerprint density at radius 2 is 1.64 bits per heavy atom. The summed E-state index contributed by atoms with van der Waals surface area (Å²) in [5.74, 6) is 0.470. The molecule has 2 N–H and O–H groups in total. The van der Waals surface area contributed by atoms with Gasteiger partial charge in [-0.05, 0) is 75.2 Å². The van der Waals surface area contributed by atoms with Crippen LogP contribution in [0.3, 0.4) is 0 Å². The number of aryl methyl sites for hydroxylation is 4. The van der Waals surface area contributed by atoms with E-state index in [2.05, 4.69) is 20.6 Å². The number of amides is 2. The molecule has 1 aromatic heterocycles. The van der Waals surface area contributed by atoms with Crippen molar-refractivity contribution in [1.29, 1.82) is 0 Å². The van der Waals surface area contributed by atoms with Crippen LogP contribution >= 0.6 is 0 Å². The van der Waals surface area contributed by atoms with Gasteiger partial charge in [0.2, 0.25) is 11.9 Å². The van der Waals surface area contributed by atoms with Crippen LogP contribution in [0.1, 0.15) is 28.9 Å². The lowest BCUT2D eigenvalue weighted by molar-refractivity contribution is -0.117. The molecule has 0 aliphatic carbocycles. The second-order valence-corrected chi connectivity index (χ2v) is 8.33. The standard InChI is InChI=1S/C25H27N5O3/c1-15-5-6-16(2)22(11-15)30-14-21(13-23(30)31)33-25(32)29-20-9-7-19(8-10-20)28-24-26-17(3)12-18(4)27-24/h5-12,21H,13-14H2,1-4H3,(H,29,32)(H,26,27,28). The van der Waals surface area contributed by atoms with Crippen molar-refractivity contribution in [2.24, 2.45) is 0 Å². The maximum absolute atomic E-state index is 12.5. The average Bonchev–Trinajstić information content (AvgIpc) is 3.10. The van der Waals surface area contributed by atoms with E-state index in [1.807, 2.05) is 64.1 Å². The van der Waals surface area contributed by atoms with Crippen LogP contribution in [0.2, 0.25) is 0 Å². The first-order chi connectivity index (χ1) is 15.8. The first-order valence-corrected chi connectivity index (χ1v) is 10.8. The zero-order chi connectivity index (χ0) is 23.5. The Hall–Kier alpha value is -3.94. The highest BCUT2D eigenvalue weighted by Gasteiger charge is 2.34. The number of anilines is 4. The zero-order valence-electron chi connectivity index (χ0n) is 19.2. The molecule has 1 unspecified atom stereocenters. The maximum atomic E-state index is 12.5. The lowest BCUT2D eigenvalue weighted by Crippen LogP contribution is -2.28. The Morgan fingerprint density at radius 1 is 0.970 bits per heavy atom. The molecule has 1 atom stereocenters. The first-order valence-electron chi connectivity index (χ1n) is 10.8. The van der Waals surface area contributed by atoms with E-state index in [0.29, 0.717) is 18.2 Å². The van der Waals surface area contributed by atoms with Gasteiger partial charge >= 0.3 is 6.09 Å². The highest BCUT2D eigenvalue weighted by Crippen LogP contribution is 2.27. The first kappa shape index (κ1) is 22.3. The van der Waals surface area contributed by atoms with Gasteiger partial charge in [0.25, 0.3) is 0 Å². The van der Waals surface area contributed by atoms with Gasteiger partial charge in [0.1, 0.15) is 6.10 Å². The van der Waals surface area contributed by atoms with Gasteiger partial charge in [-0.25, -0.2) is 14.8 Å². The van der Waals surface area contributed by atoms with E-state index in [9.17, 15) is 9.59 Å². The summed E-state index contributed by atoms with van der Waals surface area (Å²) in [6, 6.07) is 15.0. The molecule has 8 nitrogen and oxygen atoms in total. The molecular formula is C25H27N5O3. The number of benzene rings is 2. The monoisotopic (exact) mass is 445 g/mol. The van der Waals surface area contributed by atoms with Crippen molar-refractivity contribution in [2.45, 2.75) is 40.2 Å². The lowest BCUT2D eigenvalue weighted by atomic mass is 10.1. The Kier molecular flexibility index (Phi) is 6.26. The normalized spacial score (nSPS) is 15.5. The zero-order valence-corrected chi connectivity index (χ0v) is 19.2. The van der Waals surface area contributed by atoms with Gasteiger partial charge in [0, 0.05) is 28.5 Å². The number of aromatic nitrogens is 2. The fraction of sp³-hybridized carbons (Fsp3) is 0.280. The number of ether oxygens (including phenoxy) is 1. The van der Waals surface area contributed by atoms with E-state index >= 15 is 0 Å². The molecule has 33 heavy (non-hydrogen) atoms. The smallest absolute Gasteiger partial charge is 0.411 e. The molecule has 3 aromatic rings. The third kappa shape index (κ3) is 5.46. The summed E-state index contributed by atoms with van der Waals surface area (Å²) in [5, 5.41) is 5.87. The van der Waals surface area contributed by atoms with E-state index in [4.69, 9.17) is 4.74 Å². The molecular weight excluding hydrogens is 418 g/mol. The fourth-order valence-corrected chi connectivity index (χ4v) is 3.84. The van der Waals surface area contributed by atoms with Crippen molar-refractivity contribution < 1.29 is 14.3 Å². The van der Waals surface area contributed by atoms with E-state index < -0.39 is 12.2 Å². The number of hydrogen-bond donors (Lipinski definition) is 2. The summed E-state index contributed by atoms with van der Waals surface area (Å²) in [5.41, 5.74) is 6.10. The minimum Gasteiger partial charge on any atom is -0.444 e. The van der Waals surface area contributed by atoms with Crippen LogP contribution in [-0.2, 0) is 9.53 Å².